The third kappa shape index (κ3) is 7.31. The second-order valence-electron chi connectivity index (χ2n) is 8.41. The topological polar surface area (TPSA) is 53.5 Å². The number of allylic oxidation sites excluding steroid dienone is 2. The van der Waals surface area contributed by atoms with E-state index in [9.17, 15) is 0 Å². The maximum atomic E-state index is 4.88. The zero-order valence-electron chi connectivity index (χ0n) is 21.0. The Bertz CT molecular complexity index is 848. The number of hydrogen-bond acceptors (Lipinski definition) is 3. The van der Waals surface area contributed by atoms with Gasteiger partial charge in [0, 0.05) is 35.7 Å². The molecule has 0 bridgehead atoms. The van der Waals surface area contributed by atoms with Crippen molar-refractivity contribution in [2.45, 2.75) is 84.8 Å². The summed E-state index contributed by atoms with van der Waals surface area (Å²) in [5.41, 5.74) is 3.32. The molecule has 0 aromatic carbocycles. The minimum atomic E-state index is -0.242. The van der Waals surface area contributed by atoms with Crippen LogP contribution in [0.25, 0.3) is 0 Å². The largest absolute Gasteiger partial charge is 0.238 e. The third-order valence-electron chi connectivity index (χ3n) is 6.12. The van der Waals surface area contributed by atoms with E-state index in [0.717, 1.165) is 36.3 Å². The van der Waals surface area contributed by atoms with Gasteiger partial charge in [-0.25, -0.2) is 14.0 Å². The minimum Gasteiger partial charge on any atom is -0.227 e. The van der Waals surface area contributed by atoms with E-state index in [2.05, 4.69) is 72.9 Å². The molecule has 0 saturated heterocycles. The fourth-order valence-corrected chi connectivity index (χ4v) is 3.22. The normalized spacial score (nSPS) is 14.2. The maximum absolute atomic E-state index is 4.88. The third-order valence-corrected chi connectivity index (χ3v) is 6.12. The summed E-state index contributed by atoms with van der Waals surface area (Å²) in [6, 6.07) is 6.33. The predicted octanol–water partition coefficient (Wildman–Crippen LogP) is 6.73. The van der Waals surface area contributed by atoms with Gasteiger partial charge in [0.15, 0.2) is 0 Å². The summed E-state index contributed by atoms with van der Waals surface area (Å²) in [6.07, 6.45) is 12.4. The van der Waals surface area contributed by atoms with Crippen molar-refractivity contribution in [3.63, 3.8) is 0 Å². The average Bonchev–Trinajstić information content (AvgIpc) is 3.59. The Kier molecular flexibility index (Phi) is 12.2. The first-order chi connectivity index (χ1) is 15.4. The summed E-state index contributed by atoms with van der Waals surface area (Å²) in [5.74, 6) is 1.30. The summed E-state index contributed by atoms with van der Waals surface area (Å²) in [5, 5.41) is 14.6. The number of rotatable bonds is 10. The molecule has 0 amide bonds. The molecular formula is C26H40MnN6. The SMILES string of the molecule is C=CC=C.CCC(C)c1ccn(C(n2ccc(C(C)CC)n2)n2ccc(C(C)CC)n2)n1.[Mn]. The molecule has 3 rings (SSSR count). The van der Waals surface area contributed by atoms with E-state index in [-0.39, 0.29) is 23.4 Å². The average molecular weight is 492 g/mol. The molecule has 0 spiro atoms. The van der Waals surface area contributed by atoms with Gasteiger partial charge in [-0.05, 0) is 55.2 Å². The van der Waals surface area contributed by atoms with Gasteiger partial charge in [0.05, 0.1) is 17.1 Å². The van der Waals surface area contributed by atoms with Crippen LogP contribution in [0, 0.1) is 0 Å². The molecule has 0 aliphatic heterocycles. The first-order valence-electron chi connectivity index (χ1n) is 11.8. The van der Waals surface area contributed by atoms with Crippen LogP contribution in [-0.2, 0) is 17.1 Å². The Balaban J connectivity index is 0.00000101. The van der Waals surface area contributed by atoms with E-state index < -0.39 is 0 Å². The molecular weight excluding hydrogens is 451 g/mol. The quantitative estimate of drug-likeness (QED) is 0.234. The molecule has 3 aromatic heterocycles. The molecule has 3 heterocycles. The van der Waals surface area contributed by atoms with Gasteiger partial charge in [0.1, 0.15) is 0 Å². The first-order valence-corrected chi connectivity index (χ1v) is 11.8. The van der Waals surface area contributed by atoms with Gasteiger partial charge < -0.3 is 0 Å². The fraction of sp³-hybridized carbons (Fsp3) is 0.500. The molecule has 6 nitrogen and oxygen atoms in total. The van der Waals surface area contributed by atoms with Crippen LogP contribution in [-0.4, -0.2) is 29.3 Å². The molecule has 0 N–H and O–H groups in total. The van der Waals surface area contributed by atoms with Gasteiger partial charge >= 0.3 is 0 Å². The summed E-state index contributed by atoms with van der Waals surface area (Å²) in [7, 11) is 0. The summed E-state index contributed by atoms with van der Waals surface area (Å²) in [6.45, 7) is 19.9. The molecule has 3 atom stereocenters. The first kappa shape index (κ1) is 28.7. The van der Waals surface area contributed by atoms with Crippen molar-refractivity contribution in [1.29, 1.82) is 0 Å². The van der Waals surface area contributed by atoms with Crippen molar-refractivity contribution in [3.05, 3.63) is 79.2 Å². The smallest absolute Gasteiger partial charge is 0.227 e. The Labute approximate surface area is 210 Å². The summed E-state index contributed by atoms with van der Waals surface area (Å²) >= 11 is 0. The van der Waals surface area contributed by atoms with Crippen molar-refractivity contribution in [1.82, 2.24) is 29.3 Å². The van der Waals surface area contributed by atoms with Crippen LogP contribution >= 0.6 is 0 Å². The molecule has 0 aliphatic carbocycles. The van der Waals surface area contributed by atoms with E-state index in [1.54, 1.807) is 12.2 Å². The van der Waals surface area contributed by atoms with Gasteiger partial charge in [-0.1, -0.05) is 66.9 Å². The van der Waals surface area contributed by atoms with Crippen LogP contribution in [0.3, 0.4) is 0 Å². The molecule has 0 fully saturated rings. The van der Waals surface area contributed by atoms with Crippen molar-refractivity contribution in [2.24, 2.45) is 0 Å². The second kappa shape index (κ2) is 14.0. The van der Waals surface area contributed by atoms with Gasteiger partial charge in [0.25, 0.3) is 0 Å². The molecule has 181 valence electrons. The monoisotopic (exact) mass is 491 g/mol. The summed E-state index contributed by atoms with van der Waals surface area (Å²) < 4.78 is 5.92. The van der Waals surface area contributed by atoms with Gasteiger partial charge in [0.2, 0.25) is 6.29 Å². The van der Waals surface area contributed by atoms with Crippen molar-refractivity contribution >= 4 is 0 Å². The number of hydrogen-bond donors (Lipinski definition) is 0. The molecule has 3 aromatic rings. The van der Waals surface area contributed by atoms with E-state index in [4.69, 9.17) is 15.3 Å². The van der Waals surface area contributed by atoms with E-state index in [1.165, 1.54) is 0 Å². The van der Waals surface area contributed by atoms with Crippen LogP contribution in [0.2, 0.25) is 0 Å². The van der Waals surface area contributed by atoms with Crippen LogP contribution in [0.15, 0.2) is 62.1 Å². The maximum Gasteiger partial charge on any atom is 0.238 e. The molecule has 0 saturated carbocycles. The van der Waals surface area contributed by atoms with Crippen LogP contribution in [0.5, 0.6) is 0 Å². The van der Waals surface area contributed by atoms with E-state index >= 15 is 0 Å². The molecule has 33 heavy (non-hydrogen) atoms. The van der Waals surface area contributed by atoms with Gasteiger partial charge in [-0.15, -0.1) is 0 Å². The van der Waals surface area contributed by atoms with Gasteiger partial charge in [-0.2, -0.15) is 15.3 Å². The molecule has 1 radical (unpaired) electrons. The molecule has 0 aliphatic rings. The van der Waals surface area contributed by atoms with E-state index in [1.807, 2.05) is 32.6 Å². The molecule has 7 heteroatoms. The number of nitrogens with zero attached hydrogens (tertiary/aromatic N) is 6. The zero-order chi connectivity index (χ0) is 23.7. The minimum absolute atomic E-state index is 0. The van der Waals surface area contributed by atoms with E-state index in [0.29, 0.717) is 17.8 Å². The second-order valence-corrected chi connectivity index (χ2v) is 8.41. The standard InChI is InChI=1S/C22H34N6.C4H6.Mn/c1-7-16(4)19-10-13-26(23-19)22(27-14-11-20(24-27)17(5)8-2)28-15-12-21(25-28)18(6)9-3;1-3-4-2;/h10-18,22H,7-9H2,1-6H3;3-4H,1-2H2;. The van der Waals surface area contributed by atoms with Crippen LogP contribution in [0.4, 0.5) is 0 Å². The Morgan fingerprint density at radius 2 is 0.939 bits per heavy atom. The Morgan fingerprint density at radius 3 is 1.15 bits per heavy atom. The number of aromatic nitrogens is 6. The predicted molar refractivity (Wildman–Crippen MR) is 133 cm³/mol. The van der Waals surface area contributed by atoms with Crippen molar-refractivity contribution in [3.8, 4) is 0 Å². The van der Waals surface area contributed by atoms with Crippen molar-refractivity contribution < 1.29 is 17.1 Å². The van der Waals surface area contributed by atoms with Crippen LogP contribution in [0.1, 0.15) is 102 Å². The zero-order valence-corrected chi connectivity index (χ0v) is 22.2. The summed E-state index contributed by atoms with van der Waals surface area (Å²) in [4.78, 5) is 0. The van der Waals surface area contributed by atoms with Gasteiger partial charge in [-0.3, -0.25) is 0 Å². The Morgan fingerprint density at radius 1 is 0.667 bits per heavy atom. The molecule has 3 unspecified atom stereocenters. The van der Waals surface area contributed by atoms with Crippen LogP contribution < -0.4 is 0 Å². The fourth-order valence-electron chi connectivity index (χ4n) is 3.22. The van der Waals surface area contributed by atoms with Crippen molar-refractivity contribution in [2.75, 3.05) is 0 Å². The Hall–Kier alpha value is -2.37.